The van der Waals surface area contributed by atoms with Crippen LogP contribution < -0.4 is 10.4 Å². The lowest BCUT2D eigenvalue weighted by atomic mass is 9.71. The third kappa shape index (κ3) is 5.09. The molecule has 0 saturated heterocycles. The highest BCUT2D eigenvalue weighted by atomic mass is 14.3. The van der Waals surface area contributed by atoms with Crippen LogP contribution in [0, 0.1) is 17.8 Å². The van der Waals surface area contributed by atoms with Crippen LogP contribution in [-0.4, -0.2) is 0 Å². The van der Waals surface area contributed by atoms with E-state index in [0.717, 1.165) is 25.2 Å². The van der Waals surface area contributed by atoms with Crippen molar-refractivity contribution in [2.75, 3.05) is 0 Å². The van der Waals surface area contributed by atoms with Crippen molar-refractivity contribution in [3.63, 3.8) is 0 Å². The summed E-state index contributed by atoms with van der Waals surface area (Å²) in [4.78, 5) is 0. The SMILES string of the molecule is C1=Cc2c(cccc2-c2ccccc2-c2c3c(c(C4=CCC(C5C=CC6=C(CCCC6)C5)CC4)c4ccccc24)=C2C=CCCC2CC=3)CC1. The second-order valence-corrected chi connectivity index (χ2v) is 15.8. The molecule has 0 aromatic heterocycles. The molecule has 4 aromatic carbocycles. The van der Waals surface area contributed by atoms with Gasteiger partial charge in [-0.05, 0) is 178 Å². The van der Waals surface area contributed by atoms with E-state index in [1.807, 2.05) is 0 Å². The normalized spacial score (nSPS) is 23.9. The van der Waals surface area contributed by atoms with E-state index < -0.39 is 0 Å². The van der Waals surface area contributed by atoms with E-state index in [1.165, 1.54) is 124 Å². The number of aryl methyl sites for hydroxylation is 1. The van der Waals surface area contributed by atoms with Crippen LogP contribution >= 0.6 is 0 Å². The van der Waals surface area contributed by atoms with E-state index in [0.29, 0.717) is 11.8 Å². The number of fused-ring (bicyclic) bond motifs is 4. The molecule has 0 saturated carbocycles. The summed E-state index contributed by atoms with van der Waals surface area (Å²) in [5, 5.41) is 5.85. The van der Waals surface area contributed by atoms with Crippen molar-refractivity contribution >= 4 is 34.1 Å². The van der Waals surface area contributed by atoms with Gasteiger partial charge in [0.05, 0.1) is 0 Å². The summed E-state index contributed by atoms with van der Waals surface area (Å²) in [6, 6.07) is 25.6. The Kier molecular flexibility index (Phi) is 7.74. The molecule has 0 heteroatoms. The highest BCUT2D eigenvalue weighted by Gasteiger charge is 2.30. The predicted octanol–water partition coefficient (Wildman–Crippen LogP) is 12.1. The molecule has 0 bridgehead atoms. The van der Waals surface area contributed by atoms with Gasteiger partial charge < -0.3 is 0 Å². The second kappa shape index (κ2) is 12.7. The maximum absolute atomic E-state index is 2.68. The summed E-state index contributed by atoms with van der Waals surface area (Å²) in [6.07, 6.45) is 36.4. The van der Waals surface area contributed by atoms with Gasteiger partial charge in [-0.1, -0.05) is 121 Å². The molecule has 10 rings (SSSR count). The Labute approximate surface area is 298 Å². The minimum absolute atomic E-state index is 0.615. The first-order valence-corrected chi connectivity index (χ1v) is 19.7. The van der Waals surface area contributed by atoms with Gasteiger partial charge in [0.1, 0.15) is 0 Å². The fourth-order valence-electron chi connectivity index (χ4n) is 10.6. The van der Waals surface area contributed by atoms with Crippen LogP contribution in [-0.2, 0) is 6.42 Å². The molecule has 0 radical (unpaired) electrons. The van der Waals surface area contributed by atoms with Gasteiger partial charge >= 0.3 is 0 Å². The van der Waals surface area contributed by atoms with Crippen molar-refractivity contribution in [1.82, 2.24) is 0 Å². The first-order chi connectivity index (χ1) is 24.8. The molecule has 6 aliphatic rings. The van der Waals surface area contributed by atoms with Crippen LogP contribution in [0.25, 0.3) is 56.3 Å². The van der Waals surface area contributed by atoms with E-state index in [9.17, 15) is 0 Å². The fraction of sp³-hybridized carbons (Fsp3) is 0.320. The third-order valence-corrected chi connectivity index (χ3v) is 13.2. The summed E-state index contributed by atoms with van der Waals surface area (Å²) >= 11 is 0. The number of rotatable bonds is 4. The molecule has 0 amide bonds. The zero-order valence-electron chi connectivity index (χ0n) is 29.4. The van der Waals surface area contributed by atoms with Crippen LogP contribution in [0.15, 0.2) is 114 Å². The van der Waals surface area contributed by atoms with Crippen molar-refractivity contribution in [3.8, 4) is 22.3 Å². The fourth-order valence-corrected chi connectivity index (χ4v) is 10.6. The Balaban J connectivity index is 1.16. The molecule has 0 fully saturated rings. The van der Waals surface area contributed by atoms with Crippen LogP contribution in [0.4, 0.5) is 0 Å². The second-order valence-electron chi connectivity index (χ2n) is 15.8. The Morgan fingerprint density at radius 1 is 0.600 bits per heavy atom. The maximum atomic E-state index is 2.68. The first-order valence-electron chi connectivity index (χ1n) is 19.7. The van der Waals surface area contributed by atoms with Crippen LogP contribution in [0.1, 0.15) is 93.7 Å². The molecule has 0 heterocycles. The van der Waals surface area contributed by atoms with E-state index >= 15 is 0 Å². The van der Waals surface area contributed by atoms with Crippen molar-refractivity contribution in [3.05, 3.63) is 141 Å². The van der Waals surface area contributed by atoms with Crippen molar-refractivity contribution in [1.29, 1.82) is 0 Å². The summed E-state index contributed by atoms with van der Waals surface area (Å²) in [7, 11) is 0. The molecule has 248 valence electrons. The predicted molar refractivity (Wildman–Crippen MR) is 214 cm³/mol. The van der Waals surface area contributed by atoms with Gasteiger partial charge in [0, 0.05) is 0 Å². The zero-order valence-corrected chi connectivity index (χ0v) is 29.4. The summed E-state index contributed by atoms with van der Waals surface area (Å²) < 4.78 is 0. The topological polar surface area (TPSA) is 0 Å². The summed E-state index contributed by atoms with van der Waals surface area (Å²) in [5.41, 5.74) is 16.6. The van der Waals surface area contributed by atoms with E-state index in [1.54, 1.807) is 22.3 Å². The third-order valence-electron chi connectivity index (χ3n) is 13.2. The monoisotopic (exact) mass is 648 g/mol. The molecular formula is C50H48. The lowest BCUT2D eigenvalue weighted by Crippen LogP contribution is -2.38. The lowest BCUT2D eigenvalue weighted by Gasteiger charge is -2.34. The summed E-state index contributed by atoms with van der Waals surface area (Å²) in [5.74, 6) is 2.08. The molecule has 0 spiro atoms. The van der Waals surface area contributed by atoms with Crippen molar-refractivity contribution in [2.45, 2.75) is 83.5 Å². The Bertz CT molecular complexity index is 2310. The van der Waals surface area contributed by atoms with Gasteiger partial charge in [0.25, 0.3) is 0 Å². The number of hydrogen-bond acceptors (Lipinski definition) is 0. The van der Waals surface area contributed by atoms with E-state index in [2.05, 4.69) is 115 Å². The molecule has 50 heavy (non-hydrogen) atoms. The van der Waals surface area contributed by atoms with Crippen LogP contribution in [0.2, 0.25) is 0 Å². The Morgan fingerprint density at radius 2 is 1.42 bits per heavy atom. The van der Waals surface area contributed by atoms with Gasteiger partial charge in [-0.3, -0.25) is 0 Å². The lowest BCUT2D eigenvalue weighted by molar-refractivity contribution is 0.356. The van der Waals surface area contributed by atoms with Crippen molar-refractivity contribution < 1.29 is 0 Å². The molecule has 3 unspecified atom stereocenters. The number of allylic oxidation sites excluding steroid dienone is 9. The van der Waals surface area contributed by atoms with Gasteiger partial charge in [0.2, 0.25) is 0 Å². The average Bonchev–Trinajstić information content (AvgIpc) is 3.19. The zero-order chi connectivity index (χ0) is 33.0. The van der Waals surface area contributed by atoms with Gasteiger partial charge in [-0.2, -0.15) is 0 Å². The van der Waals surface area contributed by atoms with E-state index in [4.69, 9.17) is 0 Å². The molecular weight excluding hydrogens is 601 g/mol. The standard InChI is InChI=1S/C50H48/c1-2-15-38-32-39(29-26-33(38)12-1)34-24-27-37(28-25-34)48-45-21-9-10-22-46(45)49(47-31-30-36-14-4-6-18-41(36)50(47)48)44-20-8-7-19-43(44)42-23-11-16-35-13-3-5-17-40(35)42/h5-11,16-23,26-27,29,31,34,36,39H,1-4,12-15,24-25,28,30,32H2. The average molecular weight is 649 g/mol. The van der Waals surface area contributed by atoms with Crippen LogP contribution in [0.3, 0.4) is 0 Å². The van der Waals surface area contributed by atoms with E-state index in [-0.39, 0.29) is 0 Å². The van der Waals surface area contributed by atoms with Crippen molar-refractivity contribution in [2.24, 2.45) is 17.8 Å². The molecule has 0 nitrogen and oxygen atoms in total. The minimum Gasteiger partial charge on any atom is -0.0842 e. The molecule has 0 aliphatic heterocycles. The molecule has 3 atom stereocenters. The highest BCUT2D eigenvalue weighted by molar-refractivity contribution is 6.07. The first kappa shape index (κ1) is 30.4. The van der Waals surface area contributed by atoms with Gasteiger partial charge in [-0.15, -0.1) is 0 Å². The Hall–Kier alpha value is -4.42. The smallest absolute Gasteiger partial charge is 0.00232 e. The summed E-state index contributed by atoms with van der Waals surface area (Å²) in [6.45, 7) is 0. The largest absolute Gasteiger partial charge is 0.0842 e. The molecule has 6 aliphatic carbocycles. The molecule has 4 aromatic rings. The van der Waals surface area contributed by atoms with Gasteiger partial charge in [0.15, 0.2) is 0 Å². The molecule has 0 N–H and O–H groups in total. The van der Waals surface area contributed by atoms with Gasteiger partial charge in [-0.25, -0.2) is 0 Å². The number of hydrogen-bond donors (Lipinski definition) is 0. The Morgan fingerprint density at radius 3 is 2.32 bits per heavy atom. The number of benzene rings is 4. The highest BCUT2D eigenvalue weighted by Crippen LogP contribution is 2.44. The van der Waals surface area contributed by atoms with Crippen LogP contribution in [0.5, 0.6) is 0 Å². The maximum Gasteiger partial charge on any atom is -0.00232 e. The minimum atomic E-state index is 0.615. The quantitative estimate of drug-likeness (QED) is 0.207.